The molecular weight excluding hydrogens is 348 g/mol. The lowest BCUT2D eigenvalue weighted by molar-refractivity contribution is 0.0949. The Labute approximate surface area is 153 Å². The standard InChI is InChI=1S/C20H20N2O3S/c1-2-13-22-26(24,25)18-10-6-7-16(14-18)19(23)21-15-20(11-12-20)17-8-4-3-5-9-17/h1,3-10,14,22H,11-13,15H2,(H,21,23). The Balaban J connectivity index is 1.70. The van der Waals surface area contributed by atoms with E-state index >= 15 is 0 Å². The second-order valence-corrected chi connectivity index (χ2v) is 8.15. The van der Waals surface area contributed by atoms with Gasteiger partial charge < -0.3 is 5.32 Å². The summed E-state index contributed by atoms with van der Waals surface area (Å²) in [5.74, 6) is 1.93. The molecule has 0 radical (unpaired) electrons. The first-order valence-electron chi connectivity index (χ1n) is 8.34. The Morgan fingerprint density at radius 2 is 1.85 bits per heavy atom. The fourth-order valence-corrected chi connectivity index (χ4v) is 3.87. The number of sulfonamides is 1. The molecule has 1 aliphatic rings. The number of nitrogens with one attached hydrogen (secondary N) is 2. The van der Waals surface area contributed by atoms with Crippen LogP contribution >= 0.6 is 0 Å². The van der Waals surface area contributed by atoms with Crippen molar-refractivity contribution >= 4 is 15.9 Å². The predicted octanol–water partition coefficient (Wildman–Crippen LogP) is 2.06. The highest BCUT2D eigenvalue weighted by atomic mass is 32.2. The first-order valence-corrected chi connectivity index (χ1v) is 9.82. The average Bonchev–Trinajstić information content (AvgIpc) is 3.46. The van der Waals surface area contributed by atoms with Crippen molar-refractivity contribution in [2.75, 3.05) is 13.1 Å². The van der Waals surface area contributed by atoms with Crippen molar-refractivity contribution in [1.82, 2.24) is 10.0 Å². The van der Waals surface area contributed by atoms with Crippen LogP contribution in [0.25, 0.3) is 0 Å². The number of rotatable bonds is 7. The van der Waals surface area contributed by atoms with E-state index in [4.69, 9.17) is 6.42 Å². The molecule has 6 heteroatoms. The Morgan fingerprint density at radius 3 is 2.50 bits per heavy atom. The van der Waals surface area contributed by atoms with Crippen LogP contribution in [0.2, 0.25) is 0 Å². The molecule has 0 aliphatic heterocycles. The van der Waals surface area contributed by atoms with E-state index in [1.165, 1.54) is 17.7 Å². The molecule has 0 aromatic heterocycles. The van der Waals surface area contributed by atoms with Gasteiger partial charge in [0.2, 0.25) is 10.0 Å². The van der Waals surface area contributed by atoms with E-state index in [2.05, 4.69) is 28.1 Å². The first-order chi connectivity index (χ1) is 12.5. The molecule has 0 heterocycles. The smallest absolute Gasteiger partial charge is 0.251 e. The number of amides is 1. The maximum Gasteiger partial charge on any atom is 0.251 e. The fraction of sp³-hybridized carbons (Fsp3) is 0.250. The third kappa shape index (κ3) is 3.96. The van der Waals surface area contributed by atoms with Crippen LogP contribution in [0.1, 0.15) is 28.8 Å². The van der Waals surface area contributed by atoms with Crippen molar-refractivity contribution in [3.8, 4) is 12.3 Å². The van der Waals surface area contributed by atoms with Crippen molar-refractivity contribution in [3.05, 3.63) is 65.7 Å². The van der Waals surface area contributed by atoms with Gasteiger partial charge in [0.15, 0.2) is 0 Å². The van der Waals surface area contributed by atoms with Crippen LogP contribution in [0.4, 0.5) is 0 Å². The molecule has 0 saturated heterocycles. The van der Waals surface area contributed by atoms with Crippen molar-refractivity contribution in [2.24, 2.45) is 0 Å². The molecule has 134 valence electrons. The highest BCUT2D eigenvalue weighted by Crippen LogP contribution is 2.47. The number of benzene rings is 2. The largest absolute Gasteiger partial charge is 0.351 e. The van der Waals surface area contributed by atoms with E-state index in [0.717, 1.165) is 12.8 Å². The summed E-state index contributed by atoms with van der Waals surface area (Å²) in [5, 5.41) is 2.94. The Kier molecular flexibility index (Phi) is 5.12. The van der Waals surface area contributed by atoms with Crippen LogP contribution in [-0.4, -0.2) is 27.4 Å². The van der Waals surface area contributed by atoms with Gasteiger partial charge in [-0.1, -0.05) is 42.3 Å². The molecule has 2 N–H and O–H groups in total. The predicted molar refractivity (Wildman–Crippen MR) is 100 cm³/mol. The van der Waals surface area contributed by atoms with Crippen LogP contribution in [0.3, 0.4) is 0 Å². The lowest BCUT2D eigenvalue weighted by atomic mass is 9.96. The van der Waals surface area contributed by atoms with E-state index in [-0.39, 0.29) is 22.8 Å². The Morgan fingerprint density at radius 1 is 1.12 bits per heavy atom. The fourth-order valence-electron chi connectivity index (χ4n) is 2.89. The van der Waals surface area contributed by atoms with Gasteiger partial charge in [0.25, 0.3) is 5.91 Å². The lowest BCUT2D eigenvalue weighted by Crippen LogP contribution is -2.32. The zero-order chi connectivity index (χ0) is 18.6. The Bertz CT molecular complexity index is 943. The summed E-state index contributed by atoms with van der Waals surface area (Å²) < 4.78 is 26.6. The van der Waals surface area contributed by atoms with Crippen LogP contribution in [0.5, 0.6) is 0 Å². The van der Waals surface area contributed by atoms with Gasteiger partial charge in [-0.05, 0) is 36.6 Å². The summed E-state index contributed by atoms with van der Waals surface area (Å²) in [7, 11) is -3.72. The van der Waals surface area contributed by atoms with E-state index in [0.29, 0.717) is 12.1 Å². The van der Waals surface area contributed by atoms with E-state index in [1.54, 1.807) is 12.1 Å². The van der Waals surface area contributed by atoms with Gasteiger partial charge in [-0.25, -0.2) is 8.42 Å². The molecule has 1 saturated carbocycles. The lowest BCUT2D eigenvalue weighted by Gasteiger charge is -2.16. The van der Waals surface area contributed by atoms with Gasteiger partial charge in [0.05, 0.1) is 11.4 Å². The number of carbonyl (C=O) groups is 1. The van der Waals surface area contributed by atoms with Crippen LogP contribution in [-0.2, 0) is 15.4 Å². The summed E-state index contributed by atoms with van der Waals surface area (Å²) in [4.78, 5) is 12.5. The van der Waals surface area contributed by atoms with E-state index in [9.17, 15) is 13.2 Å². The van der Waals surface area contributed by atoms with Crippen molar-refractivity contribution in [2.45, 2.75) is 23.2 Å². The van der Waals surface area contributed by atoms with Crippen molar-refractivity contribution < 1.29 is 13.2 Å². The number of terminal acetylenes is 1. The second kappa shape index (κ2) is 7.32. The van der Waals surface area contributed by atoms with Crippen LogP contribution in [0, 0.1) is 12.3 Å². The van der Waals surface area contributed by atoms with Gasteiger partial charge in [0, 0.05) is 17.5 Å². The summed E-state index contributed by atoms with van der Waals surface area (Å²) in [6.07, 6.45) is 7.14. The minimum Gasteiger partial charge on any atom is -0.351 e. The topological polar surface area (TPSA) is 75.3 Å². The Hall–Kier alpha value is -2.62. The summed E-state index contributed by atoms with van der Waals surface area (Å²) in [6.45, 7) is 0.431. The molecule has 0 spiro atoms. The molecule has 2 aromatic carbocycles. The molecule has 0 bridgehead atoms. The summed E-state index contributed by atoms with van der Waals surface area (Å²) in [5.41, 5.74) is 1.52. The van der Waals surface area contributed by atoms with Crippen LogP contribution < -0.4 is 10.0 Å². The van der Waals surface area contributed by atoms with Gasteiger partial charge in [-0.15, -0.1) is 6.42 Å². The molecule has 3 rings (SSSR count). The highest BCUT2D eigenvalue weighted by molar-refractivity contribution is 7.89. The number of hydrogen-bond donors (Lipinski definition) is 2. The third-order valence-corrected chi connectivity index (χ3v) is 6.00. The maximum absolute atomic E-state index is 12.5. The van der Waals surface area contributed by atoms with Gasteiger partial charge >= 0.3 is 0 Å². The first kappa shape index (κ1) is 18.2. The molecule has 0 atom stereocenters. The molecule has 1 fully saturated rings. The average molecular weight is 368 g/mol. The maximum atomic E-state index is 12.5. The summed E-state index contributed by atoms with van der Waals surface area (Å²) >= 11 is 0. The third-order valence-electron chi connectivity index (χ3n) is 4.60. The number of carbonyl (C=O) groups excluding carboxylic acids is 1. The minimum atomic E-state index is -3.72. The normalized spacial score (nSPS) is 15.0. The van der Waals surface area contributed by atoms with Gasteiger partial charge in [-0.2, -0.15) is 4.72 Å². The van der Waals surface area contributed by atoms with Crippen LogP contribution in [0.15, 0.2) is 59.5 Å². The second-order valence-electron chi connectivity index (χ2n) is 6.39. The quantitative estimate of drug-likeness (QED) is 0.735. The zero-order valence-corrected chi connectivity index (χ0v) is 15.1. The highest BCUT2D eigenvalue weighted by Gasteiger charge is 2.44. The molecule has 1 aliphatic carbocycles. The van der Waals surface area contributed by atoms with Gasteiger partial charge in [-0.3, -0.25) is 4.79 Å². The molecular formula is C20H20N2O3S. The molecule has 0 unspecified atom stereocenters. The molecule has 26 heavy (non-hydrogen) atoms. The van der Waals surface area contributed by atoms with Gasteiger partial charge in [0.1, 0.15) is 0 Å². The van der Waals surface area contributed by atoms with Crippen molar-refractivity contribution in [3.63, 3.8) is 0 Å². The molecule has 5 nitrogen and oxygen atoms in total. The minimum absolute atomic E-state index is 0.00500. The van der Waals surface area contributed by atoms with E-state index < -0.39 is 10.0 Å². The molecule has 1 amide bonds. The SMILES string of the molecule is C#CCNS(=O)(=O)c1cccc(C(=O)NCC2(c3ccccc3)CC2)c1. The monoisotopic (exact) mass is 368 g/mol. The zero-order valence-electron chi connectivity index (χ0n) is 14.2. The summed E-state index contributed by atoms with van der Waals surface area (Å²) in [6, 6.07) is 16.0. The number of hydrogen-bond acceptors (Lipinski definition) is 3. The van der Waals surface area contributed by atoms with E-state index in [1.807, 2.05) is 18.2 Å². The molecule has 2 aromatic rings. The van der Waals surface area contributed by atoms with Crippen molar-refractivity contribution in [1.29, 1.82) is 0 Å².